The first-order valence-electron chi connectivity index (χ1n) is 10.5. The molecule has 1 fully saturated rings. The van der Waals surface area contributed by atoms with Crippen molar-refractivity contribution in [2.24, 2.45) is 0 Å². The summed E-state index contributed by atoms with van der Waals surface area (Å²) >= 11 is 7.45. The Bertz CT molecular complexity index is 1310. The summed E-state index contributed by atoms with van der Waals surface area (Å²) in [4.78, 5) is 21.2. The number of halogens is 1. The van der Waals surface area contributed by atoms with Crippen molar-refractivity contribution >= 4 is 44.7 Å². The molecule has 5 rings (SSSR count). The predicted molar refractivity (Wildman–Crippen MR) is 132 cm³/mol. The van der Waals surface area contributed by atoms with E-state index in [-0.39, 0.29) is 5.91 Å². The molecule has 0 saturated carbocycles. The Kier molecular flexibility index (Phi) is 5.49. The van der Waals surface area contributed by atoms with E-state index in [1.54, 1.807) is 7.11 Å². The van der Waals surface area contributed by atoms with E-state index < -0.39 is 0 Å². The lowest BCUT2D eigenvalue weighted by Gasteiger charge is -2.14. The van der Waals surface area contributed by atoms with E-state index in [4.69, 9.17) is 27.1 Å². The van der Waals surface area contributed by atoms with E-state index in [0.717, 1.165) is 64.3 Å². The third kappa shape index (κ3) is 3.59. The second-order valence-corrected chi connectivity index (χ2v) is 9.22. The van der Waals surface area contributed by atoms with Crippen molar-refractivity contribution < 1.29 is 9.53 Å². The maximum Gasteiger partial charge on any atom is 0.266 e. The highest BCUT2D eigenvalue weighted by Gasteiger charge is 2.27. The normalized spacial score (nSPS) is 13.6. The molecule has 5 nitrogen and oxygen atoms in total. The summed E-state index contributed by atoms with van der Waals surface area (Å²) in [5.74, 6) is 0.724. The maximum absolute atomic E-state index is 13.2. The first kappa shape index (κ1) is 20.8. The van der Waals surface area contributed by atoms with Gasteiger partial charge in [0, 0.05) is 34.6 Å². The number of nitrogens with two attached hydrogens (primary N) is 1. The zero-order valence-electron chi connectivity index (χ0n) is 17.6. The summed E-state index contributed by atoms with van der Waals surface area (Å²) in [5, 5.41) is 1.46. The van der Waals surface area contributed by atoms with Gasteiger partial charge in [-0.25, -0.2) is 4.98 Å². The molecule has 2 N–H and O–H groups in total. The summed E-state index contributed by atoms with van der Waals surface area (Å²) in [6, 6.07) is 17.4. The van der Waals surface area contributed by atoms with Gasteiger partial charge >= 0.3 is 0 Å². The summed E-state index contributed by atoms with van der Waals surface area (Å²) in [6.45, 7) is 1.55. The van der Waals surface area contributed by atoms with E-state index in [1.807, 2.05) is 59.5 Å². The molecule has 2 aromatic carbocycles. The number of amides is 1. The Morgan fingerprint density at radius 1 is 1.09 bits per heavy atom. The predicted octanol–water partition coefficient (Wildman–Crippen LogP) is 6.11. The molecule has 32 heavy (non-hydrogen) atoms. The Labute approximate surface area is 195 Å². The van der Waals surface area contributed by atoms with Crippen molar-refractivity contribution in [2.45, 2.75) is 12.8 Å². The molecular formula is C25H22ClN3O2S. The van der Waals surface area contributed by atoms with Gasteiger partial charge in [-0.2, -0.15) is 0 Å². The van der Waals surface area contributed by atoms with Crippen LogP contribution in [0.4, 0.5) is 5.69 Å². The van der Waals surface area contributed by atoms with Gasteiger partial charge < -0.3 is 15.4 Å². The number of benzene rings is 2. The highest BCUT2D eigenvalue weighted by molar-refractivity contribution is 7.21. The van der Waals surface area contributed by atoms with Crippen molar-refractivity contribution in [1.29, 1.82) is 0 Å². The molecule has 0 spiro atoms. The first-order chi connectivity index (χ1) is 15.6. The number of carbonyl (C=O) groups excluding carboxylic acids is 1. The Hall–Kier alpha value is -3.09. The van der Waals surface area contributed by atoms with Crippen LogP contribution in [0.1, 0.15) is 22.5 Å². The molecule has 4 aromatic rings. The lowest BCUT2D eigenvalue weighted by atomic mass is 9.98. The number of rotatable bonds is 4. The highest BCUT2D eigenvalue weighted by Crippen LogP contribution is 2.44. The number of aromatic nitrogens is 1. The van der Waals surface area contributed by atoms with Crippen LogP contribution in [0.5, 0.6) is 5.75 Å². The summed E-state index contributed by atoms with van der Waals surface area (Å²) in [5.41, 5.74) is 10.6. The molecule has 1 aliphatic rings. The van der Waals surface area contributed by atoms with Gasteiger partial charge in [0.1, 0.15) is 15.5 Å². The van der Waals surface area contributed by atoms with Crippen LogP contribution in [0.2, 0.25) is 5.02 Å². The van der Waals surface area contributed by atoms with Gasteiger partial charge in [-0.1, -0.05) is 41.9 Å². The molecule has 162 valence electrons. The molecule has 1 saturated heterocycles. The zero-order valence-corrected chi connectivity index (χ0v) is 19.2. The molecule has 0 unspecified atom stereocenters. The first-order valence-corrected chi connectivity index (χ1v) is 11.7. The number of methoxy groups -OCH3 is 1. The van der Waals surface area contributed by atoms with Crippen LogP contribution in [0.25, 0.3) is 32.6 Å². The van der Waals surface area contributed by atoms with Crippen molar-refractivity contribution in [3.63, 3.8) is 0 Å². The minimum absolute atomic E-state index is 0.0120. The number of nitrogens with zero attached hydrogens (tertiary/aromatic N) is 2. The van der Waals surface area contributed by atoms with Gasteiger partial charge in [-0.3, -0.25) is 4.79 Å². The number of thiophene rings is 1. The number of fused-ring (bicyclic) bond motifs is 1. The van der Waals surface area contributed by atoms with Crippen LogP contribution >= 0.6 is 22.9 Å². The largest absolute Gasteiger partial charge is 0.496 e. The van der Waals surface area contributed by atoms with E-state index in [0.29, 0.717) is 15.6 Å². The van der Waals surface area contributed by atoms with Gasteiger partial charge in [0.2, 0.25) is 0 Å². The Morgan fingerprint density at radius 3 is 2.53 bits per heavy atom. The SMILES string of the molecule is COc1ccccc1-c1cc(-c2ccc(Cl)cc2)nc2sc(C(=O)N3CCCC3)c(N)c12. The number of nitrogen functional groups attached to an aromatic ring is 1. The molecule has 1 aliphatic heterocycles. The van der Waals surface area contributed by atoms with Crippen LogP contribution in [0, 0.1) is 0 Å². The molecule has 2 aromatic heterocycles. The minimum Gasteiger partial charge on any atom is -0.496 e. The number of pyridine rings is 1. The van der Waals surface area contributed by atoms with E-state index in [2.05, 4.69) is 0 Å². The van der Waals surface area contributed by atoms with Gasteiger partial charge in [0.05, 0.1) is 18.5 Å². The van der Waals surface area contributed by atoms with E-state index in [9.17, 15) is 4.79 Å². The lowest BCUT2D eigenvalue weighted by molar-refractivity contribution is 0.0798. The van der Waals surface area contributed by atoms with Crippen LogP contribution in [0.3, 0.4) is 0 Å². The summed E-state index contributed by atoms with van der Waals surface area (Å²) in [7, 11) is 1.65. The van der Waals surface area contributed by atoms with Crippen LogP contribution in [-0.4, -0.2) is 36.0 Å². The summed E-state index contributed by atoms with van der Waals surface area (Å²) < 4.78 is 5.63. The average Bonchev–Trinajstić information content (AvgIpc) is 3.47. The quantitative estimate of drug-likeness (QED) is 0.396. The molecule has 3 heterocycles. The second-order valence-electron chi connectivity index (χ2n) is 7.79. The van der Waals surface area contributed by atoms with E-state index in [1.165, 1.54) is 11.3 Å². The highest BCUT2D eigenvalue weighted by atomic mass is 35.5. The molecule has 0 aliphatic carbocycles. The van der Waals surface area contributed by atoms with Gasteiger partial charge in [0.15, 0.2) is 0 Å². The minimum atomic E-state index is -0.0120. The zero-order chi connectivity index (χ0) is 22.2. The number of hydrogen-bond acceptors (Lipinski definition) is 5. The average molecular weight is 464 g/mol. The third-order valence-electron chi connectivity index (χ3n) is 5.82. The number of likely N-dealkylation sites (tertiary alicyclic amines) is 1. The number of para-hydroxylation sites is 1. The van der Waals surface area contributed by atoms with Gasteiger partial charge in [-0.15, -0.1) is 11.3 Å². The monoisotopic (exact) mass is 463 g/mol. The smallest absolute Gasteiger partial charge is 0.266 e. The van der Waals surface area contributed by atoms with Crippen LogP contribution in [-0.2, 0) is 0 Å². The van der Waals surface area contributed by atoms with Crippen molar-refractivity contribution in [2.75, 3.05) is 25.9 Å². The lowest BCUT2D eigenvalue weighted by Crippen LogP contribution is -2.27. The molecule has 0 bridgehead atoms. The molecule has 1 amide bonds. The van der Waals surface area contributed by atoms with E-state index >= 15 is 0 Å². The number of carbonyl (C=O) groups is 1. The number of ether oxygens (including phenoxy) is 1. The van der Waals surface area contributed by atoms with Crippen molar-refractivity contribution in [3.05, 3.63) is 64.5 Å². The maximum atomic E-state index is 13.2. The molecule has 0 atom stereocenters. The van der Waals surface area contributed by atoms with Gasteiger partial charge in [-0.05, 0) is 42.7 Å². The van der Waals surface area contributed by atoms with Crippen molar-refractivity contribution in [3.8, 4) is 28.1 Å². The Morgan fingerprint density at radius 2 is 1.81 bits per heavy atom. The molecule has 0 radical (unpaired) electrons. The Balaban J connectivity index is 1.76. The fraction of sp³-hybridized carbons (Fsp3) is 0.200. The fourth-order valence-corrected chi connectivity index (χ4v) is 5.41. The van der Waals surface area contributed by atoms with Crippen LogP contribution < -0.4 is 10.5 Å². The molecular weight excluding hydrogens is 442 g/mol. The van der Waals surface area contributed by atoms with Gasteiger partial charge in [0.25, 0.3) is 5.91 Å². The third-order valence-corrected chi connectivity index (χ3v) is 7.16. The fourth-order valence-electron chi connectivity index (χ4n) is 4.19. The van der Waals surface area contributed by atoms with Crippen molar-refractivity contribution in [1.82, 2.24) is 9.88 Å². The number of anilines is 1. The standard InChI is InChI=1S/C25H22ClN3O2S/c1-31-20-7-3-2-6-17(20)18-14-19(15-8-10-16(26)11-9-15)28-24-21(18)22(27)23(32-24)25(30)29-12-4-5-13-29/h2-3,6-11,14H,4-5,12-13,27H2,1H3. The molecule has 7 heteroatoms. The summed E-state index contributed by atoms with van der Waals surface area (Å²) in [6.07, 6.45) is 2.06. The van der Waals surface area contributed by atoms with Crippen LogP contribution in [0.15, 0.2) is 54.6 Å². The number of hydrogen-bond donors (Lipinski definition) is 1. The second kappa shape index (κ2) is 8.45. The topological polar surface area (TPSA) is 68.5 Å².